The molecule has 3 nitrogen and oxygen atoms in total. The molecule has 1 aromatic carbocycles. The summed E-state index contributed by atoms with van der Waals surface area (Å²) in [6.45, 7) is 0. The van der Waals surface area contributed by atoms with Crippen LogP contribution >= 0.6 is 15.9 Å². The van der Waals surface area contributed by atoms with E-state index in [4.69, 9.17) is 0 Å². The highest BCUT2D eigenvalue weighted by Gasteiger charge is 2.45. The van der Waals surface area contributed by atoms with Crippen molar-refractivity contribution in [2.24, 2.45) is 5.92 Å². The van der Waals surface area contributed by atoms with Crippen molar-refractivity contribution >= 4 is 21.9 Å². The molecule has 0 unspecified atom stereocenters. The molecule has 2 N–H and O–H groups in total. The van der Waals surface area contributed by atoms with Crippen molar-refractivity contribution < 1.29 is 9.90 Å². The number of carboxylic acids is 1. The maximum absolute atomic E-state index is 11.5. The molecule has 2 bridgehead atoms. The van der Waals surface area contributed by atoms with Gasteiger partial charge in [0.2, 0.25) is 0 Å². The van der Waals surface area contributed by atoms with E-state index in [1.165, 1.54) is 0 Å². The molecular formula is C14H16BrNO2. The van der Waals surface area contributed by atoms with Crippen molar-refractivity contribution in [1.29, 1.82) is 0 Å². The van der Waals surface area contributed by atoms with Gasteiger partial charge in [-0.05, 0) is 37.0 Å². The molecule has 2 saturated heterocycles. The Balaban J connectivity index is 1.93. The molecule has 4 heteroatoms. The van der Waals surface area contributed by atoms with Crippen LogP contribution in [0.4, 0.5) is 0 Å². The molecule has 2 fully saturated rings. The maximum atomic E-state index is 11.5. The standard InChI is InChI=1S/C14H16BrNO2/c15-9-3-1-8(2-4-9)11-7-10-5-6-12(16-10)13(11)14(17)18/h1-4,10-13,16H,5-7H2,(H,17,18)/t10-,11+,12+,13-/m0/s1. The molecule has 0 spiro atoms. The van der Waals surface area contributed by atoms with E-state index >= 15 is 0 Å². The molecule has 0 aromatic heterocycles. The molecule has 0 aliphatic carbocycles. The van der Waals surface area contributed by atoms with E-state index in [1.54, 1.807) is 0 Å². The topological polar surface area (TPSA) is 49.3 Å². The molecular weight excluding hydrogens is 294 g/mol. The highest BCUT2D eigenvalue weighted by atomic mass is 79.9. The van der Waals surface area contributed by atoms with Crippen LogP contribution < -0.4 is 5.32 Å². The first kappa shape index (κ1) is 12.2. The van der Waals surface area contributed by atoms with Crippen molar-refractivity contribution in [1.82, 2.24) is 5.32 Å². The quantitative estimate of drug-likeness (QED) is 0.883. The number of carbonyl (C=O) groups is 1. The number of benzene rings is 1. The van der Waals surface area contributed by atoms with E-state index in [0.717, 1.165) is 29.3 Å². The van der Waals surface area contributed by atoms with Crippen molar-refractivity contribution in [2.75, 3.05) is 0 Å². The highest BCUT2D eigenvalue weighted by molar-refractivity contribution is 9.10. The summed E-state index contributed by atoms with van der Waals surface area (Å²) in [5, 5.41) is 12.9. The van der Waals surface area contributed by atoms with Gasteiger partial charge in [-0.25, -0.2) is 0 Å². The van der Waals surface area contributed by atoms with E-state index in [-0.39, 0.29) is 17.9 Å². The average molecular weight is 310 g/mol. The van der Waals surface area contributed by atoms with Crippen LogP contribution in [0.3, 0.4) is 0 Å². The fraction of sp³-hybridized carbons (Fsp3) is 0.500. The molecule has 0 amide bonds. The lowest BCUT2D eigenvalue weighted by Crippen LogP contribution is -2.47. The zero-order valence-corrected chi connectivity index (χ0v) is 11.6. The Morgan fingerprint density at radius 2 is 2.00 bits per heavy atom. The molecule has 2 aliphatic rings. The van der Waals surface area contributed by atoms with Crippen LogP contribution in [-0.4, -0.2) is 23.2 Å². The average Bonchev–Trinajstić information content (AvgIpc) is 2.71. The second-order valence-corrected chi connectivity index (χ2v) is 6.22. The minimum atomic E-state index is -0.666. The SMILES string of the molecule is O=C(O)[C@H]1[C@@H](c2ccc(Br)cc2)C[C@@H]2CC[C@H]1N2. The second kappa shape index (κ2) is 4.67. The number of hydrogen-bond donors (Lipinski definition) is 2. The van der Waals surface area contributed by atoms with Crippen LogP contribution in [0.15, 0.2) is 28.7 Å². The Morgan fingerprint density at radius 1 is 1.28 bits per heavy atom. The summed E-state index contributed by atoms with van der Waals surface area (Å²) in [5.74, 6) is -0.806. The third kappa shape index (κ3) is 2.08. The van der Waals surface area contributed by atoms with Crippen molar-refractivity contribution in [3.8, 4) is 0 Å². The minimum absolute atomic E-state index is 0.148. The summed E-state index contributed by atoms with van der Waals surface area (Å²) in [5.41, 5.74) is 1.16. The summed E-state index contributed by atoms with van der Waals surface area (Å²) >= 11 is 3.42. The predicted molar refractivity (Wildman–Crippen MR) is 72.6 cm³/mol. The predicted octanol–water partition coefficient (Wildman–Crippen LogP) is 2.76. The number of halogens is 1. The van der Waals surface area contributed by atoms with Crippen LogP contribution in [0, 0.1) is 5.92 Å². The Morgan fingerprint density at radius 3 is 2.67 bits per heavy atom. The Hall–Kier alpha value is -0.870. The zero-order valence-electron chi connectivity index (χ0n) is 9.97. The third-order valence-electron chi connectivity index (χ3n) is 4.26. The monoisotopic (exact) mass is 309 g/mol. The van der Waals surface area contributed by atoms with Gasteiger partial charge in [-0.3, -0.25) is 4.79 Å². The molecule has 0 saturated carbocycles. The third-order valence-corrected chi connectivity index (χ3v) is 4.79. The lowest BCUT2D eigenvalue weighted by molar-refractivity contribution is -0.144. The summed E-state index contributed by atoms with van der Waals surface area (Å²) in [4.78, 5) is 11.5. The molecule has 2 heterocycles. The van der Waals surface area contributed by atoms with Gasteiger partial charge in [0.05, 0.1) is 5.92 Å². The minimum Gasteiger partial charge on any atom is -0.481 e. The first-order valence-electron chi connectivity index (χ1n) is 6.39. The van der Waals surface area contributed by atoms with Gasteiger partial charge in [-0.1, -0.05) is 28.1 Å². The van der Waals surface area contributed by atoms with E-state index in [2.05, 4.69) is 33.4 Å². The zero-order chi connectivity index (χ0) is 12.7. The number of rotatable bonds is 2. The molecule has 18 heavy (non-hydrogen) atoms. The highest BCUT2D eigenvalue weighted by Crippen LogP contribution is 2.42. The number of aliphatic carboxylic acids is 1. The molecule has 96 valence electrons. The van der Waals surface area contributed by atoms with Gasteiger partial charge < -0.3 is 10.4 Å². The van der Waals surface area contributed by atoms with Crippen molar-refractivity contribution in [3.63, 3.8) is 0 Å². The molecule has 3 rings (SSSR count). The lowest BCUT2D eigenvalue weighted by Gasteiger charge is -2.35. The first-order valence-corrected chi connectivity index (χ1v) is 7.19. The van der Waals surface area contributed by atoms with E-state index in [0.29, 0.717) is 6.04 Å². The van der Waals surface area contributed by atoms with Crippen molar-refractivity contribution in [2.45, 2.75) is 37.3 Å². The van der Waals surface area contributed by atoms with E-state index in [1.807, 2.05) is 12.1 Å². The molecule has 2 aliphatic heterocycles. The van der Waals surface area contributed by atoms with Crippen molar-refractivity contribution in [3.05, 3.63) is 34.3 Å². The van der Waals surface area contributed by atoms with Gasteiger partial charge in [0.15, 0.2) is 0 Å². The molecule has 0 radical (unpaired) electrons. The van der Waals surface area contributed by atoms with Gasteiger partial charge in [0.25, 0.3) is 0 Å². The summed E-state index contributed by atoms with van der Waals surface area (Å²) in [6, 6.07) is 8.75. The first-order chi connectivity index (χ1) is 8.65. The van der Waals surface area contributed by atoms with Crippen LogP contribution in [0.5, 0.6) is 0 Å². The lowest BCUT2D eigenvalue weighted by atomic mass is 9.77. The largest absolute Gasteiger partial charge is 0.481 e. The van der Waals surface area contributed by atoms with Gasteiger partial charge in [-0.2, -0.15) is 0 Å². The van der Waals surface area contributed by atoms with Gasteiger partial charge in [-0.15, -0.1) is 0 Å². The summed E-state index contributed by atoms with van der Waals surface area (Å²) in [7, 11) is 0. The smallest absolute Gasteiger partial charge is 0.308 e. The van der Waals surface area contributed by atoms with E-state index in [9.17, 15) is 9.90 Å². The van der Waals surface area contributed by atoms with Crippen LogP contribution in [0.1, 0.15) is 30.7 Å². The summed E-state index contributed by atoms with van der Waals surface area (Å²) < 4.78 is 1.04. The normalized spacial score (nSPS) is 34.5. The van der Waals surface area contributed by atoms with Crippen LogP contribution in [0.25, 0.3) is 0 Å². The molecule has 1 aromatic rings. The van der Waals surface area contributed by atoms with Crippen LogP contribution in [-0.2, 0) is 4.79 Å². The number of nitrogens with one attached hydrogen (secondary N) is 1. The van der Waals surface area contributed by atoms with Crippen LogP contribution in [0.2, 0.25) is 0 Å². The van der Waals surface area contributed by atoms with E-state index < -0.39 is 5.97 Å². The van der Waals surface area contributed by atoms with Gasteiger partial charge in [0, 0.05) is 22.5 Å². The second-order valence-electron chi connectivity index (χ2n) is 5.31. The fourth-order valence-corrected chi connectivity index (χ4v) is 3.71. The fourth-order valence-electron chi connectivity index (χ4n) is 3.45. The maximum Gasteiger partial charge on any atom is 0.308 e. The Kier molecular flexibility index (Phi) is 3.16. The Labute approximate surface area is 115 Å². The number of carboxylic acid groups (broad SMARTS) is 1. The number of fused-ring (bicyclic) bond motifs is 2. The van der Waals surface area contributed by atoms with Gasteiger partial charge >= 0.3 is 5.97 Å². The van der Waals surface area contributed by atoms with Gasteiger partial charge in [0.1, 0.15) is 0 Å². The Bertz CT molecular complexity index is 459. The molecule has 4 atom stereocenters. The summed E-state index contributed by atoms with van der Waals surface area (Å²) in [6.07, 6.45) is 3.05. The number of hydrogen-bond acceptors (Lipinski definition) is 2. The number of piperidine rings is 1.